The van der Waals surface area contributed by atoms with Crippen LogP contribution in [0.15, 0.2) is 122 Å². The van der Waals surface area contributed by atoms with Crippen molar-refractivity contribution in [3.05, 3.63) is 122 Å². The van der Waals surface area contributed by atoms with Crippen LogP contribution in [0, 0.1) is 0 Å². The van der Waals surface area contributed by atoms with Crippen molar-refractivity contribution >= 4 is 17.9 Å². The number of rotatable bonds is 41. The highest BCUT2D eigenvalue weighted by atomic mass is 16.6. The van der Waals surface area contributed by atoms with Crippen LogP contribution in [0.25, 0.3) is 0 Å². The molecule has 0 radical (unpaired) electrons. The molecule has 61 heavy (non-hydrogen) atoms. The second kappa shape index (κ2) is 48.5. The third-order valence-electron chi connectivity index (χ3n) is 9.58. The molecule has 342 valence electrons. The summed E-state index contributed by atoms with van der Waals surface area (Å²) in [6.07, 6.45) is 66.2. The van der Waals surface area contributed by atoms with Gasteiger partial charge in [0, 0.05) is 19.3 Å². The topological polar surface area (TPSA) is 78.9 Å². The monoisotopic (exact) mass is 843 g/mol. The van der Waals surface area contributed by atoms with Gasteiger partial charge in [0.05, 0.1) is 0 Å². The standard InChI is InChI=1S/C55H86O6/c1-4-7-10-13-16-19-21-23-25-27-29-31-33-36-39-42-45-48-54(57)60-51-52(50-59-53(56)47-44-41-38-35-18-15-12-9-6-3)61-55(58)49-46-43-40-37-34-32-30-28-26-24-22-20-17-14-11-8-5-2/h7,10,13,16,19,21,23-27,29-33,35,37-38,40,52H,4-6,8-9,11-12,14-15,17-18,20,22,28,34,36,39,41-51H2,1-3H3/b10-7-,16-13-,21-19-,25-23-,26-24-,29-27+,32-30-,33-31-,38-35-,40-37-. The van der Waals surface area contributed by atoms with Crippen molar-refractivity contribution in [2.24, 2.45) is 0 Å². The van der Waals surface area contributed by atoms with Crippen molar-refractivity contribution in [3.63, 3.8) is 0 Å². The predicted molar refractivity (Wildman–Crippen MR) is 260 cm³/mol. The first-order valence-electron chi connectivity index (χ1n) is 24.1. The highest BCUT2D eigenvalue weighted by molar-refractivity contribution is 5.71. The van der Waals surface area contributed by atoms with Gasteiger partial charge < -0.3 is 14.2 Å². The van der Waals surface area contributed by atoms with Crippen LogP contribution >= 0.6 is 0 Å². The number of unbranched alkanes of at least 4 members (excludes halogenated alkanes) is 15. The van der Waals surface area contributed by atoms with E-state index < -0.39 is 6.10 Å². The Labute approximate surface area is 373 Å². The molecule has 0 heterocycles. The van der Waals surface area contributed by atoms with E-state index in [2.05, 4.69) is 81.5 Å². The maximum Gasteiger partial charge on any atom is 0.306 e. The molecule has 0 fully saturated rings. The van der Waals surface area contributed by atoms with E-state index in [-0.39, 0.29) is 50.4 Å². The zero-order valence-electron chi connectivity index (χ0n) is 38.9. The van der Waals surface area contributed by atoms with Crippen LogP contribution in [0.2, 0.25) is 0 Å². The molecule has 1 atom stereocenters. The molecule has 0 aliphatic heterocycles. The number of carbonyl (C=O) groups is 3. The van der Waals surface area contributed by atoms with E-state index in [0.717, 1.165) is 57.8 Å². The molecule has 0 aromatic heterocycles. The van der Waals surface area contributed by atoms with Gasteiger partial charge in [0.15, 0.2) is 6.10 Å². The number of allylic oxidation sites excluding steroid dienone is 20. The van der Waals surface area contributed by atoms with Crippen molar-refractivity contribution in [2.75, 3.05) is 13.2 Å². The fourth-order valence-corrected chi connectivity index (χ4v) is 5.96. The molecule has 0 spiro atoms. The second-order valence-electron chi connectivity index (χ2n) is 15.4. The van der Waals surface area contributed by atoms with Gasteiger partial charge in [-0.3, -0.25) is 14.4 Å². The molecule has 0 saturated carbocycles. The quantitative estimate of drug-likeness (QED) is 0.0201. The molecule has 6 nitrogen and oxygen atoms in total. The summed E-state index contributed by atoms with van der Waals surface area (Å²) in [6.45, 7) is 6.31. The molecule has 6 heteroatoms. The van der Waals surface area contributed by atoms with Crippen LogP contribution in [0.5, 0.6) is 0 Å². The summed E-state index contributed by atoms with van der Waals surface area (Å²) in [4.78, 5) is 37.8. The van der Waals surface area contributed by atoms with Crippen molar-refractivity contribution in [2.45, 2.75) is 194 Å². The predicted octanol–water partition coefficient (Wildman–Crippen LogP) is 15.7. The lowest BCUT2D eigenvalue weighted by Gasteiger charge is -2.18. The number of esters is 3. The van der Waals surface area contributed by atoms with E-state index in [1.54, 1.807) is 0 Å². The van der Waals surface area contributed by atoms with Gasteiger partial charge in [-0.2, -0.15) is 0 Å². The maximum atomic E-state index is 12.7. The van der Waals surface area contributed by atoms with Gasteiger partial charge >= 0.3 is 17.9 Å². The summed E-state index contributed by atoms with van der Waals surface area (Å²) in [6, 6.07) is 0. The SMILES string of the molecule is CC\C=C/C=C\C=C/C=C\C=C\C=C/CCCCCC(=O)OCC(COC(=O)CCC/C=C\CCCCCC)OC(=O)CCC/C=C\C/C=C\C/C=C\CCCCCCCC. The average Bonchev–Trinajstić information content (AvgIpc) is 3.26. The van der Waals surface area contributed by atoms with Crippen molar-refractivity contribution < 1.29 is 28.6 Å². The van der Waals surface area contributed by atoms with Crippen LogP contribution in [0.4, 0.5) is 0 Å². The van der Waals surface area contributed by atoms with Gasteiger partial charge in [0.2, 0.25) is 0 Å². The van der Waals surface area contributed by atoms with Crippen LogP contribution < -0.4 is 0 Å². The smallest absolute Gasteiger partial charge is 0.306 e. The molecule has 1 unspecified atom stereocenters. The summed E-state index contributed by atoms with van der Waals surface area (Å²) < 4.78 is 16.6. The first kappa shape index (κ1) is 56.8. The lowest BCUT2D eigenvalue weighted by Crippen LogP contribution is -2.30. The number of ether oxygens (including phenoxy) is 3. The zero-order valence-corrected chi connectivity index (χ0v) is 38.9. The third-order valence-corrected chi connectivity index (χ3v) is 9.58. The van der Waals surface area contributed by atoms with Crippen LogP contribution in [-0.2, 0) is 28.6 Å². The second-order valence-corrected chi connectivity index (χ2v) is 15.4. The molecule has 0 aromatic rings. The minimum atomic E-state index is -0.835. The Morgan fingerprint density at radius 1 is 0.361 bits per heavy atom. The van der Waals surface area contributed by atoms with Gasteiger partial charge in [-0.25, -0.2) is 0 Å². The average molecular weight is 843 g/mol. The minimum absolute atomic E-state index is 0.132. The molecule has 0 rings (SSSR count). The number of hydrogen-bond acceptors (Lipinski definition) is 6. The lowest BCUT2D eigenvalue weighted by molar-refractivity contribution is -0.167. The molecule has 0 bridgehead atoms. The Hall–Kier alpha value is -4.19. The Morgan fingerprint density at radius 2 is 0.721 bits per heavy atom. The van der Waals surface area contributed by atoms with Crippen LogP contribution in [0.1, 0.15) is 188 Å². The summed E-state index contributed by atoms with van der Waals surface area (Å²) in [5.74, 6) is -1.07. The van der Waals surface area contributed by atoms with E-state index >= 15 is 0 Å². The number of hydrogen-bond donors (Lipinski definition) is 0. The zero-order chi connectivity index (χ0) is 44.4. The van der Waals surface area contributed by atoms with E-state index in [1.807, 2.05) is 60.8 Å². The lowest BCUT2D eigenvalue weighted by atomic mass is 10.1. The first-order valence-corrected chi connectivity index (χ1v) is 24.1. The Morgan fingerprint density at radius 3 is 1.25 bits per heavy atom. The third kappa shape index (κ3) is 46.7. The van der Waals surface area contributed by atoms with E-state index in [4.69, 9.17) is 14.2 Å². The summed E-state index contributed by atoms with van der Waals surface area (Å²) in [5, 5.41) is 0. The molecule has 0 aliphatic rings. The van der Waals surface area contributed by atoms with Gasteiger partial charge in [-0.15, -0.1) is 0 Å². The Bertz CT molecular complexity index is 1340. The molecule has 0 amide bonds. The fraction of sp³-hybridized carbons (Fsp3) is 0.582. The normalized spacial score (nSPS) is 13.2. The Kier molecular flexibility index (Phi) is 45.1. The van der Waals surface area contributed by atoms with E-state index in [9.17, 15) is 14.4 Å². The summed E-state index contributed by atoms with van der Waals surface area (Å²) in [5.41, 5.74) is 0. The summed E-state index contributed by atoms with van der Waals surface area (Å²) >= 11 is 0. The number of carbonyl (C=O) groups excluding carboxylic acids is 3. The molecule has 0 N–H and O–H groups in total. The summed E-state index contributed by atoms with van der Waals surface area (Å²) in [7, 11) is 0. The molecule has 0 aromatic carbocycles. The highest BCUT2D eigenvalue weighted by Gasteiger charge is 2.19. The van der Waals surface area contributed by atoms with Gasteiger partial charge in [0.1, 0.15) is 13.2 Å². The van der Waals surface area contributed by atoms with E-state index in [1.165, 1.54) is 70.6 Å². The molecule has 0 saturated heterocycles. The largest absolute Gasteiger partial charge is 0.462 e. The molecular formula is C55H86O6. The van der Waals surface area contributed by atoms with Gasteiger partial charge in [-0.05, 0) is 89.9 Å². The van der Waals surface area contributed by atoms with Crippen LogP contribution in [-0.4, -0.2) is 37.2 Å². The van der Waals surface area contributed by atoms with Gasteiger partial charge in [-0.1, -0.05) is 200 Å². The fourth-order valence-electron chi connectivity index (χ4n) is 5.96. The van der Waals surface area contributed by atoms with Crippen LogP contribution in [0.3, 0.4) is 0 Å². The van der Waals surface area contributed by atoms with Crippen molar-refractivity contribution in [1.82, 2.24) is 0 Å². The maximum absolute atomic E-state index is 12.7. The Balaban J connectivity index is 4.57. The highest BCUT2D eigenvalue weighted by Crippen LogP contribution is 2.10. The molecular weight excluding hydrogens is 757 g/mol. The molecule has 0 aliphatic carbocycles. The van der Waals surface area contributed by atoms with Crippen molar-refractivity contribution in [3.8, 4) is 0 Å². The minimum Gasteiger partial charge on any atom is -0.462 e. The first-order chi connectivity index (χ1) is 30.0. The van der Waals surface area contributed by atoms with E-state index in [0.29, 0.717) is 19.3 Å². The van der Waals surface area contributed by atoms with Crippen molar-refractivity contribution in [1.29, 1.82) is 0 Å². The van der Waals surface area contributed by atoms with Gasteiger partial charge in [0.25, 0.3) is 0 Å².